The summed E-state index contributed by atoms with van der Waals surface area (Å²) in [7, 11) is 0. The Morgan fingerprint density at radius 1 is 0.930 bits per heavy atom. The van der Waals surface area contributed by atoms with Crippen molar-refractivity contribution in [1.29, 1.82) is 10.5 Å². The Balaban J connectivity index is 1.85. The average Bonchev–Trinajstić information content (AvgIpc) is 3.02. The summed E-state index contributed by atoms with van der Waals surface area (Å²) in [4.78, 5) is 15.1. The first kappa shape index (κ1) is 31.7. The zero-order chi connectivity index (χ0) is 30.9. The second-order valence-corrected chi connectivity index (χ2v) is 10.1. The Morgan fingerprint density at radius 2 is 1.63 bits per heavy atom. The maximum absolute atomic E-state index is 15.2. The number of carbonyl (C=O) groups excluding carboxylic acids is 1. The molecule has 0 bridgehead atoms. The van der Waals surface area contributed by atoms with Gasteiger partial charge in [0.1, 0.15) is 28.7 Å². The van der Waals surface area contributed by atoms with E-state index in [0.717, 1.165) is 0 Å². The van der Waals surface area contributed by atoms with Crippen LogP contribution in [0.4, 0.5) is 4.39 Å². The molecular weight excluding hydrogens is 592 g/mol. The van der Waals surface area contributed by atoms with Crippen molar-refractivity contribution >= 4 is 39.9 Å². The minimum absolute atomic E-state index is 0.0205. The molecule has 0 aromatic heterocycles. The standard InChI is InChI=1S/C33H28Cl2FN3O4/c1-3-41-14-12-39(13-15-42-4-2)33(40)21-8-7-9-24(17-21)43-32-29-22(18-27(34)31(32)35)16-23(19-37)26(20-38)30(29)25-10-5-6-11-28(25)36/h5-11,16-18H,3-4,12-15H2,1-2H3. The first-order valence-electron chi connectivity index (χ1n) is 13.6. The molecule has 0 spiro atoms. The topological polar surface area (TPSA) is 95.6 Å². The van der Waals surface area contributed by atoms with Crippen LogP contribution in [0.3, 0.4) is 0 Å². The molecular formula is C33H28Cl2FN3O4. The molecule has 0 aliphatic rings. The molecule has 43 heavy (non-hydrogen) atoms. The molecule has 0 atom stereocenters. The van der Waals surface area contributed by atoms with Gasteiger partial charge in [0.2, 0.25) is 0 Å². The molecule has 0 heterocycles. The summed E-state index contributed by atoms with van der Waals surface area (Å²) in [6, 6.07) is 19.5. The number of hydrogen-bond donors (Lipinski definition) is 0. The number of rotatable bonds is 12. The zero-order valence-electron chi connectivity index (χ0n) is 23.6. The van der Waals surface area contributed by atoms with Crippen LogP contribution in [0, 0.1) is 28.5 Å². The van der Waals surface area contributed by atoms with Gasteiger partial charge in [-0.05, 0) is 55.6 Å². The van der Waals surface area contributed by atoms with Crippen LogP contribution >= 0.6 is 23.2 Å². The molecule has 0 saturated heterocycles. The van der Waals surface area contributed by atoms with E-state index in [1.54, 1.807) is 35.2 Å². The summed E-state index contributed by atoms with van der Waals surface area (Å²) < 4.78 is 32.4. The van der Waals surface area contributed by atoms with E-state index in [9.17, 15) is 15.3 Å². The van der Waals surface area contributed by atoms with Crippen molar-refractivity contribution in [2.24, 2.45) is 0 Å². The Hall–Kier alpha value is -4.18. The Morgan fingerprint density at radius 3 is 2.26 bits per heavy atom. The molecule has 0 aliphatic heterocycles. The summed E-state index contributed by atoms with van der Waals surface area (Å²) in [5.41, 5.74) is 0.601. The van der Waals surface area contributed by atoms with Gasteiger partial charge in [0.05, 0.1) is 29.4 Å². The van der Waals surface area contributed by atoms with Gasteiger partial charge in [0.15, 0.2) is 5.75 Å². The molecule has 220 valence electrons. The number of nitriles is 2. The minimum Gasteiger partial charge on any atom is -0.455 e. The van der Waals surface area contributed by atoms with Crippen LogP contribution in [0.15, 0.2) is 60.7 Å². The van der Waals surface area contributed by atoms with E-state index >= 15 is 4.39 Å². The Labute approximate surface area is 259 Å². The average molecular weight is 621 g/mol. The SMILES string of the molecule is CCOCCN(CCOCC)C(=O)c1cccc(Oc2c(Cl)c(Cl)cc3cc(C#N)c(C#N)c(-c4ccccc4F)c23)c1. The molecule has 1 amide bonds. The molecule has 7 nitrogen and oxygen atoms in total. The van der Waals surface area contributed by atoms with Crippen LogP contribution in [-0.2, 0) is 9.47 Å². The summed E-state index contributed by atoms with van der Waals surface area (Å²) in [5, 5.41) is 20.7. The van der Waals surface area contributed by atoms with Gasteiger partial charge in [-0.1, -0.05) is 47.5 Å². The smallest absolute Gasteiger partial charge is 0.254 e. The molecule has 0 saturated carbocycles. The molecule has 0 N–H and O–H groups in total. The quantitative estimate of drug-likeness (QED) is 0.149. The first-order chi connectivity index (χ1) is 20.8. The first-order valence-corrected chi connectivity index (χ1v) is 14.4. The number of nitrogens with zero attached hydrogens (tertiary/aromatic N) is 3. The highest BCUT2D eigenvalue weighted by atomic mass is 35.5. The molecule has 4 aromatic carbocycles. The number of halogens is 3. The van der Waals surface area contributed by atoms with E-state index in [4.69, 9.17) is 37.4 Å². The van der Waals surface area contributed by atoms with Gasteiger partial charge in [0, 0.05) is 48.4 Å². The van der Waals surface area contributed by atoms with Crippen molar-refractivity contribution in [3.63, 3.8) is 0 Å². The molecule has 0 fully saturated rings. The lowest BCUT2D eigenvalue weighted by Crippen LogP contribution is -2.36. The fourth-order valence-corrected chi connectivity index (χ4v) is 5.05. The van der Waals surface area contributed by atoms with Crippen LogP contribution in [0.1, 0.15) is 35.3 Å². The second kappa shape index (κ2) is 14.8. The minimum atomic E-state index is -0.598. The van der Waals surface area contributed by atoms with Crippen LogP contribution < -0.4 is 4.74 Å². The molecule has 10 heteroatoms. The fraction of sp³-hybridized carbons (Fsp3) is 0.242. The van der Waals surface area contributed by atoms with Crippen molar-refractivity contribution in [2.45, 2.75) is 13.8 Å². The van der Waals surface area contributed by atoms with Crippen molar-refractivity contribution in [1.82, 2.24) is 4.90 Å². The van der Waals surface area contributed by atoms with Crippen LogP contribution in [-0.4, -0.2) is 50.3 Å². The van der Waals surface area contributed by atoms with Gasteiger partial charge < -0.3 is 19.1 Å². The van der Waals surface area contributed by atoms with E-state index in [1.807, 2.05) is 26.0 Å². The molecule has 0 unspecified atom stereocenters. The van der Waals surface area contributed by atoms with Crippen LogP contribution in [0.2, 0.25) is 10.0 Å². The van der Waals surface area contributed by atoms with Gasteiger partial charge in [-0.3, -0.25) is 4.79 Å². The largest absolute Gasteiger partial charge is 0.455 e. The highest BCUT2D eigenvalue weighted by Gasteiger charge is 2.24. The third-order valence-electron chi connectivity index (χ3n) is 6.66. The van der Waals surface area contributed by atoms with Gasteiger partial charge in [-0.25, -0.2) is 4.39 Å². The van der Waals surface area contributed by atoms with Gasteiger partial charge in [-0.2, -0.15) is 10.5 Å². The number of carbonyl (C=O) groups is 1. The van der Waals surface area contributed by atoms with Crippen LogP contribution in [0.5, 0.6) is 11.5 Å². The summed E-state index contributed by atoms with van der Waals surface area (Å²) >= 11 is 13.2. The summed E-state index contributed by atoms with van der Waals surface area (Å²) in [6.45, 7) is 6.33. The monoisotopic (exact) mass is 619 g/mol. The maximum Gasteiger partial charge on any atom is 0.254 e. The van der Waals surface area contributed by atoms with Crippen molar-refractivity contribution in [3.05, 3.63) is 93.2 Å². The van der Waals surface area contributed by atoms with Crippen LogP contribution in [0.25, 0.3) is 21.9 Å². The number of hydrogen-bond acceptors (Lipinski definition) is 6. The Kier molecular flexibility index (Phi) is 10.9. The zero-order valence-corrected chi connectivity index (χ0v) is 25.1. The molecule has 4 aromatic rings. The lowest BCUT2D eigenvalue weighted by Gasteiger charge is -2.23. The summed E-state index contributed by atoms with van der Waals surface area (Å²) in [5.74, 6) is -0.533. The van der Waals surface area contributed by atoms with E-state index in [0.29, 0.717) is 55.9 Å². The van der Waals surface area contributed by atoms with Crippen molar-refractivity contribution in [2.75, 3.05) is 39.5 Å². The van der Waals surface area contributed by atoms with E-state index in [-0.39, 0.29) is 49.7 Å². The third-order valence-corrected chi connectivity index (χ3v) is 7.43. The highest BCUT2D eigenvalue weighted by Crippen LogP contribution is 2.47. The number of benzene rings is 4. The fourth-order valence-electron chi connectivity index (χ4n) is 4.66. The van der Waals surface area contributed by atoms with Gasteiger partial charge >= 0.3 is 0 Å². The third kappa shape index (κ3) is 7.07. The lowest BCUT2D eigenvalue weighted by molar-refractivity contribution is 0.0550. The van der Waals surface area contributed by atoms with Gasteiger partial charge in [-0.15, -0.1) is 0 Å². The lowest BCUT2D eigenvalue weighted by atomic mass is 9.89. The van der Waals surface area contributed by atoms with E-state index in [1.165, 1.54) is 30.3 Å². The van der Waals surface area contributed by atoms with E-state index in [2.05, 4.69) is 0 Å². The maximum atomic E-state index is 15.2. The van der Waals surface area contributed by atoms with Crippen molar-refractivity contribution < 1.29 is 23.4 Å². The molecule has 4 rings (SSSR count). The number of fused-ring (bicyclic) bond motifs is 1. The molecule has 0 aliphatic carbocycles. The normalized spacial score (nSPS) is 10.8. The highest BCUT2D eigenvalue weighted by molar-refractivity contribution is 6.44. The van der Waals surface area contributed by atoms with E-state index < -0.39 is 5.82 Å². The number of amides is 1. The Bertz CT molecular complexity index is 1720. The molecule has 0 radical (unpaired) electrons. The number of ether oxygens (including phenoxy) is 3. The van der Waals surface area contributed by atoms with Crippen molar-refractivity contribution in [3.8, 4) is 34.8 Å². The predicted molar refractivity (Wildman–Crippen MR) is 164 cm³/mol. The predicted octanol–water partition coefficient (Wildman–Crippen LogP) is 8.00. The van der Waals surface area contributed by atoms with Gasteiger partial charge in [0.25, 0.3) is 5.91 Å². The summed E-state index contributed by atoms with van der Waals surface area (Å²) in [6.07, 6.45) is 0. The second-order valence-electron chi connectivity index (χ2n) is 9.29.